The van der Waals surface area contributed by atoms with Crippen LogP contribution in [-0.2, 0) is 14.3 Å². The molecular formula is C9H19NO3. The van der Waals surface area contributed by atoms with Crippen LogP contribution in [0.25, 0.3) is 0 Å². The summed E-state index contributed by atoms with van der Waals surface area (Å²) in [6.07, 6.45) is 0. The molecular weight excluding hydrogens is 170 g/mol. The Morgan fingerprint density at radius 3 is 2.31 bits per heavy atom. The Kier molecular flexibility index (Phi) is 6.54. The largest absolute Gasteiger partial charge is 0.383 e. The lowest BCUT2D eigenvalue weighted by Gasteiger charge is -2.26. The zero-order valence-corrected chi connectivity index (χ0v) is 8.87. The molecule has 0 atom stereocenters. The van der Waals surface area contributed by atoms with E-state index in [1.54, 1.807) is 12.0 Å². The van der Waals surface area contributed by atoms with Crippen LogP contribution in [0.15, 0.2) is 0 Å². The van der Waals surface area contributed by atoms with Crippen molar-refractivity contribution in [1.29, 1.82) is 0 Å². The molecule has 0 rings (SSSR count). The third-order valence-corrected chi connectivity index (χ3v) is 1.75. The monoisotopic (exact) mass is 189 g/mol. The number of methoxy groups -OCH3 is 2. The lowest BCUT2D eigenvalue weighted by molar-refractivity contribution is -0.137. The second-order valence-corrected chi connectivity index (χ2v) is 3.11. The van der Waals surface area contributed by atoms with Crippen molar-refractivity contribution < 1.29 is 14.3 Å². The predicted octanol–water partition coefficient (Wildman–Crippen LogP) is 0.516. The highest BCUT2D eigenvalue weighted by Crippen LogP contribution is 1.98. The topological polar surface area (TPSA) is 38.8 Å². The number of rotatable bonds is 6. The molecule has 78 valence electrons. The maximum absolute atomic E-state index is 11.4. The van der Waals surface area contributed by atoms with Gasteiger partial charge in [0.1, 0.15) is 6.61 Å². The zero-order chi connectivity index (χ0) is 10.3. The molecule has 0 aromatic rings. The molecule has 13 heavy (non-hydrogen) atoms. The van der Waals surface area contributed by atoms with Crippen molar-refractivity contribution in [1.82, 2.24) is 4.90 Å². The number of carbonyl (C=O) groups is 1. The van der Waals surface area contributed by atoms with Gasteiger partial charge in [0.15, 0.2) is 0 Å². The molecule has 0 unspecified atom stereocenters. The number of amides is 1. The molecule has 0 fully saturated rings. The van der Waals surface area contributed by atoms with E-state index in [0.717, 1.165) is 0 Å². The van der Waals surface area contributed by atoms with Gasteiger partial charge in [-0.25, -0.2) is 0 Å². The SMILES string of the molecule is COCCN(C(=O)COC)C(C)C. The molecule has 0 saturated heterocycles. The fourth-order valence-electron chi connectivity index (χ4n) is 1.07. The minimum atomic E-state index is 0.00884. The van der Waals surface area contributed by atoms with Gasteiger partial charge in [-0.2, -0.15) is 0 Å². The lowest BCUT2D eigenvalue weighted by Crippen LogP contribution is -2.41. The predicted molar refractivity (Wildman–Crippen MR) is 50.6 cm³/mol. The maximum atomic E-state index is 11.4. The van der Waals surface area contributed by atoms with Crippen LogP contribution in [0.3, 0.4) is 0 Å². The smallest absolute Gasteiger partial charge is 0.248 e. The second kappa shape index (κ2) is 6.86. The fourth-order valence-corrected chi connectivity index (χ4v) is 1.07. The summed E-state index contributed by atoms with van der Waals surface area (Å²) in [5, 5.41) is 0. The van der Waals surface area contributed by atoms with Crippen molar-refractivity contribution in [3.8, 4) is 0 Å². The number of ether oxygens (including phenoxy) is 2. The quantitative estimate of drug-likeness (QED) is 0.611. The summed E-state index contributed by atoms with van der Waals surface area (Å²) in [6.45, 7) is 5.28. The van der Waals surface area contributed by atoms with Crippen LogP contribution in [0.2, 0.25) is 0 Å². The van der Waals surface area contributed by atoms with E-state index in [0.29, 0.717) is 13.2 Å². The van der Waals surface area contributed by atoms with Crippen molar-refractivity contribution in [2.24, 2.45) is 0 Å². The van der Waals surface area contributed by atoms with Crippen molar-refractivity contribution in [3.05, 3.63) is 0 Å². The molecule has 0 aliphatic rings. The Morgan fingerprint density at radius 1 is 1.31 bits per heavy atom. The van der Waals surface area contributed by atoms with Gasteiger partial charge in [-0.3, -0.25) is 4.79 Å². The van der Waals surface area contributed by atoms with E-state index in [1.807, 2.05) is 13.8 Å². The fraction of sp³-hybridized carbons (Fsp3) is 0.889. The maximum Gasteiger partial charge on any atom is 0.248 e. The van der Waals surface area contributed by atoms with E-state index in [4.69, 9.17) is 9.47 Å². The van der Waals surface area contributed by atoms with Crippen molar-refractivity contribution in [3.63, 3.8) is 0 Å². The molecule has 0 aliphatic carbocycles. The number of hydrogen-bond donors (Lipinski definition) is 0. The Bertz CT molecular complexity index is 148. The Balaban J connectivity index is 3.99. The highest BCUT2D eigenvalue weighted by atomic mass is 16.5. The second-order valence-electron chi connectivity index (χ2n) is 3.11. The molecule has 0 saturated carbocycles. The van der Waals surface area contributed by atoms with Gasteiger partial charge in [-0.1, -0.05) is 0 Å². The molecule has 0 aromatic carbocycles. The summed E-state index contributed by atoms with van der Waals surface area (Å²) < 4.78 is 9.70. The minimum Gasteiger partial charge on any atom is -0.383 e. The Labute approximate surface area is 79.8 Å². The highest BCUT2D eigenvalue weighted by molar-refractivity contribution is 5.77. The first-order chi connectivity index (χ1) is 6.13. The van der Waals surface area contributed by atoms with Crippen LogP contribution in [-0.4, -0.2) is 50.8 Å². The van der Waals surface area contributed by atoms with Gasteiger partial charge in [0.05, 0.1) is 6.61 Å². The third kappa shape index (κ3) is 4.85. The summed E-state index contributed by atoms with van der Waals surface area (Å²) in [5.41, 5.74) is 0. The zero-order valence-electron chi connectivity index (χ0n) is 8.87. The van der Waals surface area contributed by atoms with Gasteiger partial charge in [0.25, 0.3) is 0 Å². The van der Waals surface area contributed by atoms with Gasteiger partial charge < -0.3 is 14.4 Å². The number of nitrogens with zero attached hydrogens (tertiary/aromatic N) is 1. The van der Waals surface area contributed by atoms with Crippen molar-refractivity contribution in [2.75, 3.05) is 34.0 Å². The summed E-state index contributed by atoms with van der Waals surface area (Å²) in [4.78, 5) is 13.2. The highest BCUT2D eigenvalue weighted by Gasteiger charge is 2.15. The summed E-state index contributed by atoms with van der Waals surface area (Å²) in [5.74, 6) is 0.00884. The van der Waals surface area contributed by atoms with Gasteiger partial charge in [0, 0.05) is 26.8 Å². The average molecular weight is 189 g/mol. The third-order valence-electron chi connectivity index (χ3n) is 1.75. The normalized spacial score (nSPS) is 10.5. The summed E-state index contributed by atoms with van der Waals surface area (Å²) >= 11 is 0. The van der Waals surface area contributed by atoms with Crippen LogP contribution in [0, 0.1) is 0 Å². The summed E-state index contributed by atoms with van der Waals surface area (Å²) in [7, 11) is 3.14. The molecule has 1 amide bonds. The number of carbonyl (C=O) groups excluding carboxylic acids is 1. The van der Waals surface area contributed by atoms with Gasteiger partial charge in [-0.15, -0.1) is 0 Å². The molecule has 0 spiro atoms. The first kappa shape index (κ1) is 12.4. The van der Waals surface area contributed by atoms with Crippen molar-refractivity contribution in [2.45, 2.75) is 19.9 Å². The number of hydrogen-bond acceptors (Lipinski definition) is 3. The Morgan fingerprint density at radius 2 is 1.92 bits per heavy atom. The molecule has 0 aliphatic heterocycles. The summed E-state index contributed by atoms with van der Waals surface area (Å²) in [6, 6.07) is 0.192. The molecule has 0 heterocycles. The van der Waals surface area contributed by atoms with Crippen LogP contribution in [0.1, 0.15) is 13.8 Å². The van der Waals surface area contributed by atoms with Gasteiger partial charge in [0.2, 0.25) is 5.91 Å². The molecule has 0 N–H and O–H groups in total. The van der Waals surface area contributed by atoms with E-state index in [9.17, 15) is 4.79 Å². The van der Waals surface area contributed by atoms with E-state index < -0.39 is 0 Å². The van der Waals surface area contributed by atoms with Gasteiger partial charge in [-0.05, 0) is 13.8 Å². The lowest BCUT2D eigenvalue weighted by atomic mass is 10.3. The van der Waals surface area contributed by atoms with E-state index in [1.165, 1.54) is 7.11 Å². The van der Waals surface area contributed by atoms with E-state index in [-0.39, 0.29) is 18.6 Å². The van der Waals surface area contributed by atoms with Crippen LogP contribution >= 0.6 is 0 Å². The average Bonchev–Trinajstić information content (AvgIpc) is 2.05. The first-order valence-electron chi connectivity index (χ1n) is 4.40. The van der Waals surface area contributed by atoms with E-state index >= 15 is 0 Å². The van der Waals surface area contributed by atoms with Crippen molar-refractivity contribution >= 4 is 5.91 Å². The van der Waals surface area contributed by atoms with E-state index in [2.05, 4.69) is 0 Å². The molecule has 4 nitrogen and oxygen atoms in total. The Hall–Kier alpha value is -0.610. The first-order valence-corrected chi connectivity index (χ1v) is 4.40. The molecule has 0 aromatic heterocycles. The molecule has 4 heteroatoms. The molecule has 0 radical (unpaired) electrons. The van der Waals surface area contributed by atoms with Crippen LogP contribution in [0.4, 0.5) is 0 Å². The standard InChI is InChI=1S/C9H19NO3/c1-8(2)10(5-6-12-3)9(11)7-13-4/h8H,5-7H2,1-4H3. The van der Waals surface area contributed by atoms with Crippen LogP contribution < -0.4 is 0 Å². The molecule has 0 bridgehead atoms. The van der Waals surface area contributed by atoms with Crippen LogP contribution in [0.5, 0.6) is 0 Å². The minimum absolute atomic E-state index is 0.00884. The van der Waals surface area contributed by atoms with Gasteiger partial charge >= 0.3 is 0 Å².